The first-order chi connectivity index (χ1) is 25.0. The Labute approximate surface area is 315 Å². The summed E-state index contributed by atoms with van der Waals surface area (Å²) in [4.78, 5) is 89.2. The second-order valence-corrected chi connectivity index (χ2v) is 15.3. The van der Waals surface area contributed by atoms with Gasteiger partial charge in [0.25, 0.3) is 5.91 Å². The van der Waals surface area contributed by atoms with Crippen molar-refractivity contribution in [3.63, 3.8) is 0 Å². The van der Waals surface area contributed by atoms with Gasteiger partial charge in [0.2, 0.25) is 17.7 Å². The van der Waals surface area contributed by atoms with Crippen LogP contribution < -0.4 is 5.32 Å². The summed E-state index contributed by atoms with van der Waals surface area (Å²) < 4.78 is 12.2. The lowest BCUT2D eigenvalue weighted by Crippen LogP contribution is -2.58. The van der Waals surface area contributed by atoms with Crippen molar-refractivity contribution in [1.82, 2.24) is 20.0 Å². The van der Waals surface area contributed by atoms with Gasteiger partial charge in [-0.2, -0.15) is 0 Å². The van der Waals surface area contributed by atoms with Gasteiger partial charge >= 0.3 is 11.9 Å². The molecule has 53 heavy (non-hydrogen) atoms. The first-order valence-electron chi connectivity index (χ1n) is 19.1. The molecule has 2 heterocycles. The van der Waals surface area contributed by atoms with Crippen molar-refractivity contribution in [3.05, 3.63) is 35.9 Å². The predicted octanol–water partition coefficient (Wildman–Crippen LogP) is 3.99. The Morgan fingerprint density at radius 1 is 0.868 bits per heavy atom. The third-order valence-corrected chi connectivity index (χ3v) is 10.7. The number of hydrogen-bond donors (Lipinski definition) is 1. The van der Waals surface area contributed by atoms with Crippen LogP contribution in [0.2, 0.25) is 0 Å². The fourth-order valence-corrected chi connectivity index (χ4v) is 7.29. The van der Waals surface area contributed by atoms with E-state index in [1.807, 2.05) is 44.2 Å². The zero-order valence-corrected chi connectivity index (χ0v) is 33.0. The van der Waals surface area contributed by atoms with Gasteiger partial charge in [-0.25, -0.2) is 9.59 Å². The average molecular weight is 737 g/mol. The van der Waals surface area contributed by atoms with Crippen LogP contribution in [0.25, 0.3) is 0 Å². The molecule has 0 unspecified atom stereocenters. The van der Waals surface area contributed by atoms with Crippen LogP contribution in [-0.2, 0) is 44.7 Å². The summed E-state index contributed by atoms with van der Waals surface area (Å²) in [6.45, 7) is 12.8. The topological polar surface area (TPSA) is 143 Å². The molecule has 2 fully saturated rings. The lowest BCUT2D eigenvalue weighted by molar-refractivity contribution is -0.170. The number of terminal acetylenes is 1. The van der Waals surface area contributed by atoms with E-state index in [4.69, 9.17) is 15.9 Å². The van der Waals surface area contributed by atoms with E-state index in [2.05, 4.69) is 11.2 Å². The number of cyclic esters (lactones) is 2. The van der Waals surface area contributed by atoms with E-state index in [1.165, 1.54) is 28.8 Å². The minimum Gasteiger partial charge on any atom is -0.460 e. The Bertz CT molecular complexity index is 1490. The van der Waals surface area contributed by atoms with E-state index in [9.17, 15) is 28.8 Å². The highest BCUT2D eigenvalue weighted by atomic mass is 16.6. The molecular weight excluding hydrogens is 676 g/mol. The summed E-state index contributed by atoms with van der Waals surface area (Å²) in [6, 6.07) is 5.10. The standard InChI is InChI=1S/C41H60N4O8/c1-11-13-15-22-31-28(8)36(46)42-33(25(3)4)39(49)44(10)35(27(7)12-2)41(51)53-32(24-29-19-16-14-17-20-29)38(48)45-23-18-21-30(45)37(47)43(9)34(26(5)6)40(50)52-31/h1,14,16-17,19-20,25-28,30-35H,12-13,15,18,21-24H2,2-10H3,(H,42,46)/t27-,28+,30-,31-,32-,33-,34-,35-/m0/s1. The molecule has 1 aromatic carbocycles. The van der Waals surface area contributed by atoms with Crippen molar-refractivity contribution >= 4 is 35.6 Å². The SMILES string of the molecule is C#CCCC[C@@H]1OC(=O)[C@H](C(C)C)N(C)C(=O)[C@@H]2CCCN2C(=O)[C@H](Cc2ccccc2)OC(=O)[C@H]([C@@H](C)CC)N(C)C(=O)[C@H](C(C)C)NC(=O)[C@@H]1C. The molecule has 4 amide bonds. The van der Waals surface area contributed by atoms with Crippen molar-refractivity contribution in [3.8, 4) is 12.3 Å². The second kappa shape index (κ2) is 19.6. The van der Waals surface area contributed by atoms with Gasteiger partial charge in [0.1, 0.15) is 30.3 Å². The summed E-state index contributed by atoms with van der Waals surface area (Å²) in [5.74, 6) is -2.85. The van der Waals surface area contributed by atoms with Gasteiger partial charge in [-0.05, 0) is 49.0 Å². The molecule has 0 aliphatic carbocycles. The van der Waals surface area contributed by atoms with E-state index in [0.29, 0.717) is 32.1 Å². The van der Waals surface area contributed by atoms with Crippen LogP contribution in [0.5, 0.6) is 0 Å². The van der Waals surface area contributed by atoms with Gasteiger partial charge in [0.15, 0.2) is 6.10 Å². The summed E-state index contributed by atoms with van der Waals surface area (Å²) >= 11 is 0. The molecule has 12 nitrogen and oxygen atoms in total. The summed E-state index contributed by atoms with van der Waals surface area (Å²) in [6.07, 6.45) is 5.92. The van der Waals surface area contributed by atoms with E-state index < -0.39 is 77.9 Å². The number of carbonyl (C=O) groups is 6. The molecule has 2 saturated heterocycles. The van der Waals surface area contributed by atoms with Gasteiger partial charge in [0.05, 0.1) is 5.92 Å². The summed E-state index contributed by atoms with van der Waals surface area (Å²) in [5, 5.41) is 2.87. The maximum absolute atomic E-state index is 14.5. The van der Waals surface area contributed by atoms with Crippen LogP contribution in [0.1, 0.15) is 92.6 Å². The Morgan fingerprint density at radius 2 is 1.49 bits per heavy atom. The van der Waals surface area contributed by atoms with E-state index in [-0.39, 0.29) is 37.1 Å². The summed E-state index contributed by atoms with van der Waals surface area (Å²) in [5.41, 5.74) is 0.747. The Balaban J connectivity index is 2.19. The fourth-order valence-electron chi connectivity index (χ4n) is 7.29. The van der Waals surface area contributed by atoms with Crippen molar-refractivity contribution in [2.24, 2.45) is 23.7 Å². The minimum absolute atomic E-state index is 0.0497. The number of ether oxygens (including phenoxy) is 2. The van der Waals surface area contributed by atoms with Crippen molar-refractivity contribution < 1.29 is 38.2 Å². The monoisotopic (exact) mass is 736 g/mol. The quantitative estimate of drug-likeness (QED) is 0.228. The number of fused-ring (bicyclic) bond motifs is 1. The van der Waals surface area contributed by atoms with Crippen LogP contribution in [0.4, 0.5) is 0 Å². The molecule has 2 aliphatic rings. The van der Waals surface area contributed by atoms with Crippen molar-refractivity contribution in [1.29, 1.82) is 0 Å². The average Bonchev–Trinajstić information content (AvgIpc) is 3.61. The highest BCUT2D eigenvalue weighted by Gasteiger charge is 2.45. The lowest BCUT2D eigenvalue weighted by atomic mass is 9.94. The maximum Gasteiger partial charge on any atom is 0.329 e. The third kappa shape index (κ3) is 10.6. The molecule has 0 bridgehead atoms. The minimum atomic E-state index is -1.29. The third-order valence-electron chi connectivity index (χ3n) is 10.7. The van der Waals surface area contributed by atoms with Crippen LogP contribution in [-0.4, -0.2) is 107 Å². The molecule has 0 aromatic heterocycles. The molecule has 12 heteroatoms. The maximum atomic E-state index is 14.5. The molecule has 2 aliphatic heterocycles. The number of rotatable bonds is 9. The number of benzene rings is 1. The van der Waals surface area contributed by atoms with Gasteiger partial charge < -0.3 is 29.5 Å². The Kier molecular flexibility index (Phi) is 15.9. The molecule has 1 N–H and O–H groups in total. The molecule has 8 atom stereocenters. The van der Waals surface area contributed by atoms with Crippen molar-refractivity contribution in [2.75, 3.05) is 20.6 Å². The first kappa shape index (κ1) is 43.0. The number of amides is 4. The van der Waals surface area contributed by atoms with Crippen LogP contribution in [0.15, 0.2) is 30.3 Å². The Hall–Kier alpha value is -4.40. The van der Waals surface area contributed by atoms with Crippen molar-refractivity contribution in [2.45, 2.75) is 130 Å². The first-order valence-corrected chi connectivity index (χ1v) is 19.1. The normalized spacial score (nSPS) is 27.7. The highest BCUT2D eigenvalue weighted by molar-refractivity contribution is 5.95. The molecule has 0 radical (unpaired) electrons. The summed E-state index contributed by atoms with van der Waals surface area (Å²) in [7, 11) is 3.03. The number of unbranched alkanes of at least 4 members (excludes halogenated alkanes) is 1. The van der Waals surface area contributed by atoms with E-state index in [0.717, 1.165) is 5.56 Å². The van der Waals surface area contributed by atoms with Gasteiger partial charge in [-0.3, -0.25) is 19.2 Å². The largest absolute Gasteiger partial charge is 0.460 e. The molecule has 292 valence electrons. The Morgan fingerprint density at radius 3 is 2.08 bits per heavy atom. The molecule has 0 spiro atoms. The second-order valence-electron chi connectivity index (χ2n) is 15.3. The highest BCUT2D eigenvalue weighted by Crippen LogP contribution is 2.27. The van der Waals surface area contributed by atoms with Crippen LogP contribution in [0.3, 0.4) is 0 Å². The van der Waals surface area contributed by atoms with Gasteiger partial charge in [-0.1, -0.05) is 85.2 Å². The molecular formula is C41H60N4O8. The fraction of sp³-hybridized carbons (Fsp3) is 0.659. The number of likely N-dealkylation sites (N-methyl/N-ethyl adjacent to an activating group) is 2. The molecule has 0 saturated carbocycles. The number of nitrogens with one attached hydrogen (secondary N) is 1. The van der Waals surface area contributed by atoms with Crippen LogP contribution >= 0.6 is 0 Å². The molecule has 3 rings (SSSR count). The zero-order valence-electron chi connectivity index (χ0n) is 33.0. The number of nitrogens with zero attached hydrogens (tertiary/aromatic N) is 3. The smallest absolute Gasteiger partial charge is 0.329 e. The van der Waals surface area contributed by atoms with E-state index in [1.54, 1.807) is 34.6 Å². The van der Waals surface area contributed by atoms with Gasteiger partial charge in [0, 0.05) is 33.5 Å². The predicted molar refractivity (Wildman–Crippen MR) is 201 cm³/mol. The van der Waals surface area contributed by atoms with E-state index >= 15 is 0 Å². The number of esters is 2. The number of hydrogen-bond acceptors (Lipinski definition) is 8. The van der Waals surface area contributed by atoms with Crippen LogP contribution in [0, 0.1) is 36.0 Å². The molecule has 1 aromatic rings. The van der Waals surface area contributed by atoms with Gasteiger partial charge in [-0.15, -0.1) is 12.3 Å². The number of carbonyl (C=O) groups excluding carboxylic acids is 6. The lowest BCUT2D eigenvalue weighted by Gasteiger charge is -2.36. The zero-order chi connectivity index (χ0) is 39.6.